The number of nitrogens with zero attached hydrogens (tertiary/aromatic N) is 2. The minimum absolute atomic E-state index is 0.0134. The second-order valence-electron chi connectivity index (χ2n) is 6.61. The van der Waals surface area contributed by atoms with E-state index in [0.29, 0.717) is 13.1 Å². The van der Waals surface area contributed by atoms with Crippen LogP contribution in [-0.4, -0.2) is 43.7 Å². The molecule has 2 aromatic rings. The second kappa shape index (κ2) is 8.37. The molecule has 0 aliphatic carbocycles. The van der Waals surface area contributed by atoms with Gasteiger partial charge in [-0.15, -0.1) is 0 Å². The zero-order valence-electron chi connectivity index (χ0n) is 15.2. The first-order chi connectivity index (χ1) is 13.2. The molecule has 1 aliphatic heterocycles. The van der Waals surface area contributed by atoms with Crippen molar-refractivity contribution in [1.82, 2.24) is 9.21 Å². The Morgan fingerprint density at radius 2 is 1.82 bits per heavy atom. The zero-order chi connectivity index (χ0) is 20.5. The van der Waals surface area contributed by atoms with Crippen LogP contribution >= 0.6 is 23.2 Å². The lowest BCUT2D eigenvalue weighted by atomic mass is 10.1. The summed E-state index contributed by atoms with van der Waals surface area (Å²) >= 11 is 12.2. The van der Waals surface area contributed by atoms with Crippen LogP contribution in [0.15, 0.2) is 41.3 Å². The van der Waals surface area contributed by atoms with Gasteiger partial charge < -0.3 is 4.90 Å². The minimum Gasteiger partial charge on any atom is -0.337 e. The van der Waals surface area contributed by atoms with E-state index in [0.717, 1.165) is 12.8 Å². The highest BCUT2D eigenvalue weighted by Gasteiger charge is 2.29. The molecule has 0 unspecified atom stereocenters. The molecule has 0 radical (unpaired) electrons. The smallest absolute Gasteiger partial charge is 0.255 e. The molecule has 5 nitrogen and oxygen atoms in total. The fourth-order valence-corrected chi connectivity index (χ4v) is 5.07. The van der Waals surface area contributed by atoms with E-state index < -0.39 is 21.7 Å². The Hall–Kier alpha value is -1.67. The highest BCUT2D eigenvalue weighted by molar-refractivity contribution is 7.89. The van der Waals surface area contributed by atoms with Gasteiger partial charge in [-0.05, 0) is 43.2 Å². The Balaban J connectivity index is 1.89. The third kappa shape index (κ3) is 4.17. The molecule has 0 spiro atoms. The molecule has 0 N–H and O–H groups in total. The second-order valence-corrected chi connectivity index (χ2v) is 9.37. The van der Waals surface area contributed by atoms with Crippen LogP contribution in [0.4, 0.5) is 4.39 Å². The lowest BCUT2D eigenvalue weighted by molar-refractivity contribution is 0.0784. The average Bonchev–Trinajstić information content (AvgIpc) is 3.20. The lowest BCUT2D eigenvalue weighted by Gasteiger charge is -2.20. The summed E-state index contributed by atoms with van der Waals surface area (Å²) in [7, 11) is -2.21. The number of rotatable bonds is 5. The lowest BCUT2D eigenvalue weighted by Crippen LogP contribution is -2.29. The maximum absolute atomic E-state index is 14.0. The number of sulfonamides is 1. The largest absolute Gasteiger partial charge is 0.337 e. The summed E-state index contributed by atoms with van der Waals surface area (Å²) in [5.74, 6) is -1.05. The minimum atomic E-state index is -3.69. The number of amides is 1. The van der Waals surface area contributed by atoms with Gasteiger partial charge in [0, 0.05) is 37.3 Å². The van der Waals surface area contributed by atoms with Crippen LogP contribution in [0.25, 0.3) is 0 Å². The quantitative estimate of drug-likeness (QED) is 0.694. The van der Waals surface area contributed by atoms with Gasteiger partial charge in [0.25, 0.3) is 5.91 Å². The molecule has 9 heteroatoms. The van der Waals surface area contributed by atoms with Crippen LogP contribution in [0, 0.1) is 5.82 Å². The monoisotopic (exact) mass is 444 g/mol. The van der Waals surface area contributed by atoms with Crippen LogP contribution in [-0.2, 0) is 16.6 Å². The molecule has 1 heterocycles. The van der Waals surface area contributed by atoms with Crippen molar-refractivity contribution in [3.63, 3.8) is 0 Å². The molecule has 1 fully saturated rings. The summed E-state index contributed by atoms with van der Waals surface area (Å²) in [6.45, 7) is 0.837. The van der Waals surface area contributed by atoms with Gasteiger partial charge in [0.05, 0.1) is 15.5 Å². The van der Waals surface area contributed by atoms with Gasteiger partial charge in [0.2, 0.25) is 10.0 Å². The van der Waals surface area contributed by atoms with Crippen molar-refractivity contribution >= 4 is 39.1 Å². The molecular weight excluding hydrogens is 426 g/mol. The average molecular weight is 445 g/mol. The number of benzene rings is 2. The van der Waals surface area contributed by atoms with Gasteiger partial charge in [-0.1, -0.05) is 29.3 Å². The van der Waals surface area contributed by atoms with E-state index in [1.54, 1.807) is 0 Å². The summed E-state index contributed by atoms with van der Waals surface area (Å²) < 4.78 is 40.9. The van der Waals surface area contributed by atoms with Gasteiger partial charge in [-0.3, -0.25) is 4.79 Å². The van der Waals surface area contributed by atoms with Gasteiger partial charge in [0.1, 0.15) is 5.82 Å². The van der Waals surface area contributed by atoms with Crippen LogP contribution in [0.3, 0.4) is 0 Å². The molecular formula is C19H19Cl2FN2O3S. The first kappa shape index (κ1) is 21.0. The summed E-state index contributed by atoms with van der Waals surface area (Å²) in [6.07, 6.45) is 1.62. The molecule has 3 rings (SSSR count). The number of halogens is 3. The Morgan fingerprint density at radius 3 is 2.46 bits per heavy atom. The first-order valence-electron chi connectivity index (χ1n) is 8.70. The SMILES string of the molecule is CN(Cc1c(F)cccc1Cl)C(=O)c1cc(S(=O)(=O)N2CCCC2)ccc1Cl. The maximum Gasteiger partial charge on any atom is 0.255 e. The van der Waals surface area contributed by atoms with Crippen LogP contribution in [0.5, 0.6) is 0 Å². The van der Waals surface area contributed by atoms with Crippen LogP contribution in [0.2, 0.25) is 10.0 Å². The highest BCUT2D eigenvalue weighted by Crippen LogP contribution is 2.27. The standard InChI is InChI=1S/C19H19Cl2FN2O3S/c1-23(12-15-16(20)5-4-6-18(15)22)19(25)14-11-13(7-8-17(14)21)28(26,27)24-9-2-3-10-24/h4-8,11H,2-3,9-10,12H2,1H3. The highest BCUT2D eigenvalue weighted by atomic mass is 35.5. The summed E-state index contributed by atoms with van der Waals surface area (Å²) in [4.78, 5) is 14.1. The van der Waals surface area contributed by atoms with E-state index >= 15 is 0 Å². The molecule has 2 aromatic carbocycles. The Bertz CT molecular complexity index is 988. The summed E-state index contributed by atoms with van der Waals surface area (Å²) in [5.41, 5.74) is 0.217. The molecule has 0 saturated carbocycles. The topological polar surface area (TPSA) is 57.7 Å². The predicted molar refractivity (Wildman–Crippen MR) is 107 cm³/mol. The molecule has 1 amide bonds. The van der Waals surface area contributed by atoms with Crippen LogP contribution < -0.4 is 0 Å². The zero-order valence-corrected chi connectivity index (χ0v) is 17.5. The van der Waals surface area contributed by atoms with E-state index in [9.17, 15) is 17.6 Å². The Kier molecular flexibility index (Phi) is 6.29. The molecule has 1 saturated heterocycles. The van der Waals surface area contributed by atoms with Crippen molar-refractivity contribution in [3.05, 3.63) is 63.4 Å². The number of hydrogen-bond acceptors (Lipinski definition) is 3. The summed E-state index contributed by atoms with van der Waals surface area (Å²) in [5, 5.41) is 0.327. The third-order valence-electron chi connectivity index (χ3n) is 4.67. The van der Waals surface area contributed by atoms with Crippen molar-refractivity contribution < 1.29 is 17.6 Å². The van der Waals surface area contributed by atoms with Gasteiger partial charge in [-0.25, -0.2) is 12.8 Å². The van der Waals surface area contributed by atoms with E-state index in [-0.39, 0.29) is 32.6 Å². The normalized spacial score (nSPS) is 15.0. The van der Waals surface area contributed by atoms with E-state index in [1.165, 1.54) is 52.7 Å². The van der Waals surface area contributed by atoms with Gasteiger partial charge >= 0.3 is 0 Å². The van der Waals surface area contributed by atoms with E-state index in [4.69, 9.17) is 23.2 Å². The fraction of sp³-hybridized carbons (Fsp3) is 0.316. The molecule has 0 atom stereocenters. The molecule has 28 heavy (non-hydrogen) atoms. The van der Waals surface area contributed by atoms with Crippen molar-refractivity contribution in [2.24, 2.45) is 0 Å². The van der Waals surface area contributed by atoms with Crippen molar-refractivity contribution in [1.29, 1.82) is 0 Å². The Morgan fingerprint density at radius 1 is 1.14 bits per heavy atom. The van der Waals surface area contributed by atoms with Crippen molar-refractivity contribution in [2.45, 2.75) is 24.3 Å². The Labute approximate surface area is 173 Å². The molecule has 0 bridgehead atoms. The van der Waals surface area contributed by atoms with Gasteiger partial charge in [-0.2, -0.15) is 4.31 Å². The molecule has 1 aliphatic rings. The maximum atomic E-state index is 14.0. The van der Waals surface area contributed by atoms with E-state index in [1.807, 2.05) is 0 Å². The van der Waals surface area contributed by atoms with Crippen molar-refractivity contribution in [2.75, 3.05) is 20.1 Å². The molecule has 150 valence electrons. The van der Waals surface area contributed by atoms with Gasteiger partial charge in [0.15, 0.2) is 0 Å². The predicted octanol–water partition coefficient (Wildman–Crippen LogP) is 4.19. The number of carbonyl (C=O) groups excluding carboxylic acids is 1. The number of carbonyl (C=O) groups is 1. The number of hydrogen-bond donors (Lipinski definition) is 0. The van der Waals surface area contributed by atoms with Crippen LogP contribution in [0.1, 0.15) is 28.8 Å². The van der Waals surface area contributed by atoms with Crippen molar-refractivity contribution in [3.8, 4) is 0 Å². The first-order valence-corrected chi connectivity index (χ1v) is 10.9. The molecule has 0 aromatic heterocycles. The third-order valence-corrected chi connectivity index (χ3v) is 7.25. The summed E-state index contributed by atoms with van der Waals surface area (Å²) in [6, 6.07) is 8.33. The fourth-order valence-electron chi connectivity index (χ4n) is 3.10. The van der Waals surface area contributed by atoms with E-state index in [2.05, 4.69) is 0 Å².